The third kappa shape index (κ3) is 6.19. The van der Waals surface area contributed by atoms with Gasteiger partial charge in [0.1, 0.15) is 18.1 Å². The lowest BCUT2D eigenvalue weighted by molar-refractivity contribution is -0.137. The average Bonchev–Trinajstić information content (AvgIpc) is 2.63. The number of carbonyl (C=O) groups excluding carboxylic acids is 1. The van der Waals surface area contributed by atoms with E-state index in [1.807, 2.05) is 0 Å². The number of benzene rings is 2. The first-order chi connectivity index (χ1) is 12.4. The second-order valence-corrected chi connectivity index (χ2v) is 5.31. The molecule has 2 aromatic rings. The van der Waals surface area contributed by atoms with Crippen molar-refractivity contribution in [3.8, 4) is 11.5 Å². The van der Waals surface area contributed by atoms with Crippen LogP contribution in [0.15, 0.2) is 48.5 Å². The Hall–Kier alpha value is -2.90. The number of anilines is 1. The molecule has 0 atom stereocenters. The Morgan fingerprint density at radius 3 is 2.42 bits per heavy atom. The average molecular weight is 368 g/mol. The largest absolute Gasteiger partial charge is 0.497 e. The summed E-state index contributed by atoms with van der Waals surface area (Å²) in [5.74, 6) is 1.01. The molecule has 5 nitrogen and oxygen atoms in total. The van der Waals surface area contributed by atoms with Crippen LogP contribution in [0.1, 0.15) is 5.56 Å². The molecule has 2 rings (SSSR count). The maximum absolute atomic E-state index is 12.6. The van der Waals surface area contributed by atoms with Gasteiger partial charge in [-0.1, -0.05) is 6.07 Å². The molecule has 2 aromatic carbocycles. The topological polar surface area (TPSA) is 59.6 Å². The zero-order valence-corrected chi connectivity index (χ0v) is 14.1. The van der Waals surface area contributed by atoms with Crippen LogP contribution in [0, 0.1) is 0 Å². The normalized spacial score (nSPS) is 10.9. The van der Waals surface area contributed by atoms with Crippen molar-refractivity contribution >= 4 is 11.6 Å². The van der Waals surface area contributed by atoms with E-state index >= 15 is 0 Å². The van der Waals surface area contributed by atoms with Gasteiger partial charge in [-0.05, 0) is 42.5 Å². The lowest BCUT2D eigenvalue weighted by Gasteiger charge is -2.11. The molecule has 0 aliphatic rings. The van der Waals surface area contributed by atoms with E-state index < -0.39 is 11.7 Å². The fourth-order valence-corrected chi connectivity index (χ4v) is 2.08. The number of nitrogens with one attached hydrogen (secondary N) is 2. The number of methoxy groups -OCH3 is 1. The van der Waals surface area contributed by atoms with E-state index in [1.165, 1.54) is 12.1 Å². The summed E-state index contributed by atoms with van der Waals surface area (Å²) in [4.78, 5) is 11.7. The number of ether oxygens (including phenoxy) is 2. The highest BCUT2D eigenvalue weighted by molar-refractivity contribution is 5.80. The van der Waals surface area contributed by atoms with E-state index in [2.05, 4.69) is 10.6 Å². The molecule has 0 fully saturated rings. The second kappa shape index (κ2) is 8.98. The molecule has 140 valence electrons. The molecular formula is C18H19F3N2O3. The predicted octanol–water partition coefficient (Wildman–Crippen LogP) is 3.32. The van der Waals surface area contributed by atoms with E-state index in [0.29, 0.717) is 11.5 Å². The van der Waals surface area contributed by atoms with Crippen LogP contribution in [-0.2, 0) is 11.0 Å². The van der Waals surface area contributed by atoms with E-state index in [0.717, 1.165) is 12.1 Å². The van der Waals surface area contributed by atoms with Crippen molar-refractivity contribution in [1.82, 2.24) is 5.32 Å². The highest BCUT2D eigenvalue weighted by Gasteiger charge is 2.30. The standard InChI is InChI=1S/C18H19F3N2O3/c1-25-15-5-7-16(8-6-15)26-10-9-22-17(24)12-23-14-4-2-3-13(11-14)18(19,20)21/h2-8,11,23H,9-10,12H2,1H3,(H,22,24). The molecule has 0 heterocycles. The van der Waals surface area contributed by atoms with Crippen LogP contribution in [0.25, 0.3) is 0 Å². The number of halogens is 3. The molecule has 1 amide bonds. The van der Waals surface area contributed by atoms with Gasteiger partial charge in [-0.15, -0.1) is 0 Å². The minimum absolute atomic E-state index is 0.135. The lowest BCUT2D eigenvalue weighted by Crippen LogP contribution is -2.33. The van der Waals surface area contributed by atoms with Crippen molar-refractivity contribution in [3.05, 3.63) is 54.1 Å². The van der Waals surface area contributed by atoms with Gasteiger partial charge in [0.2, 0.25) is 5.91 Å². The molecule has 0 aromatic heterocycles. The maximum atomic E-state index is 12.6. The minimum Gasteiger partial charge on any atom is -0.497 e. The fourth-order valence-electron chi connectivity index (χ4n) is 2.08. The smallest absolute Gasteiger partial charge is 0.416 e. The SMILES string of the molecule is COc1ccc(OCCNC(=O)CNc2cccc(C(F)(F)F)c2)cc1. The molecule has 0 spiro atoms. The van der Waals surface area contributed by atoms with Gasteiger partial charge in [-0.3, -0.25) is 4.79 Å². The Labute approximate surface area is 149 Å². The Bertz CT molecular complexity index is 718. The Morgan fingerprint density at radius 2 is 1.77 bits per heavy atom. The van der Waals surface area contributed by atoms with Crippen molar-refractivity contribution in [1.29, 1.82) is 0 Å². The third-order valence-corrected chi connectivity index (χ3v) is 3.40. The first-order valence-corrected chi connectivity index (χ1v) is 7.83. The van der Waals surface area contributed by atoms with Gasteiger partial charge in [0.05, 0.1) is 25.8 Å². The zero-order valence-electron chi connectivity index (χ0n) is 14.1. The van der Waals surface area contributed by atoms with Crippen LogP contribution >= 0.6 is 0 Å². The Morgan fingerprint density at radius 1 is 1.08 bits per heavy atom. The summed E-state index contributed by atoms with van der Waals surface area (Å²) in [6, 6.07) is 11.7. The molecule has 0 saturated carbocycles. The number of carbonyl (C=O) groups is 1. The summed E-state index contributed by atoms with van der Waals surface area (Å²) in [7, 11) is 1.57. The summed E-state index contributed by atoms with van der Waals surface area (Å²) in [6.45, 7) is 0.403. The Balaban J connectivity index is 1.69. The van der Waals surface area contributed by atoms with Gasteiger partial charge in [0, 0.05) is 5.69 Å². The van der Waals surface area contributed by atoms with Crippen LogP contribution in [-0.4, -0.2) is 32.7 Å². The van der Waals surface area contributed by atoms with Crippen LogP contribution in [0.2, 0.25) is 0 Å². The highest BCUT2D eigenvalue weighted by Crippen LogP contribution is 2.30. The van der Waals surface area contributed by atoms with Crippen molar-refractivity contribution in [2.45, 2.75) is 6.18 Å². The van der Waals surface area contributed by atoms with Crippen LogP contribution < -0.4 is 20.1 Å². The number of rotatable bonds is 8. The monoisotopic (exact) mass is 368 g/mol. The summed E-state index contributed by atoms with van der Waals surface area (Å²) in [5.41, 5.74) is -0.541. The second-order valence-electron chi connectivity index (χ2n) is 5.31. The van der Waals surface area contributed by atoms with E-state index in [-0.39, 0.29) is 31.3 Å². The fraction of sp³-hybridized carbons (Fsp3) is 0.278. The predicted molar refractivity (Wildman–Crippen MR) is 91.4 cm³/mol. The number of amides is 1. The summed E-state index contributed by atoms with van der Waals surface area (Å²) in [6.07, 6.45) is -4.42. The van der Waals surface area contributed by atoms with Gasteiger partial charge in [-0.25, -0.2) is 0 Å². The van der Waals surface area contributed by atoms with Crippen molar-refractivity contribution in [2.24, 2.45) is 0 Å². The lowest BCUT2D eigenvalue weighted by atomic mass is 10.2. The van der Waals surface area contributed by atoms with Crippen molar-refractivity contribution < 1.29 is 27.4 Å². The van der Waals surface area contributed by atoms with Crippen LogP contribution in [0.3, 0.4) is 0 Å². The summed E-state index contributed by atoms with van der Waals surface area (Å²) >= 11 is 0. The number of alkyl halides is 3. The summed E-state index contributed by atoms with van der Waals surface area (Å²) < 4.78 is 48.4. The van der Waals surface area contributed by atoms with Crippen molar-refractivity contribution in [2.75, 3.05) is 32.1 Å². The molecule has 0 unspecified atom stereocenters. The first kappa shape index (κ1) is 19.4. The summed E-state index contributed by atoms with van der Waals surface area (Å²) in [5, 5.41) is 5.28. The molecule has 0 aliphatic carbocycles. The first-order valence-electron chi connectivity index (χ1n) is 7.83. The van der Waals surface area contributed by atoms with Crippen molar-refractivity contribution in [3.63, 3.8) is 0 Å². The van der Waals surface area contributed by atoms with E-state index in [4.69, 9.17) is 9.47 Å². The molecule has 0 aliphatic heterocycles. The molecule has 0 radical (unpaired) electrons. The third-order valence-electron chi connectivity index (χ3n) is 3.40. The van der Waals surface area contributed by atoms with Crippen LogP contribution in [0.5, 0.6) is 11.5 Å². The molecule has 0 bridgehead atoms. The van der Waals surface area contributed by atoms with E-state index in [9.17, 15) is 18.0 Å². The highest BCUT2D eigenvalue weighted by atomic mass is 19.4. The van der Waals surface area contributed by atoms with Gasteiger partial charge >= 0.3 is 6.18 Å². The quantitative estimate of drug-likeness (QED) is 0.702. The molecule has 8 heteroatoms. The number of hydrogen-bond acceptors (Lipinski definition) is 4. The van der Waals surface area contributed by atoms with Gasteiger partial charge in [0.15, 0.2) is 0 Å². The number of hydrogen-bond donors (Lipinski definition) is 2. The zero-order chi connectivity index (χ0) is 19.0. The Kier molecular flexibility index (Phi) is 6.71. The van der Waals surface area contributed by atoms with Gasteiger partial charge in [0.25, 0.3) is 0 Å². The molecule has 2 N–H and O–H groups in total. The molecular weight excluding hydrogens is 349 g/mol. The molecule has 26 heavy (non-hydrogen) atoms. The van der Waals surface area contributed by atoms with E-state index in [1.54, 1.807) is 31.4 Å². The minimum atomic E-state index is -4.42. The van der Waals surface area contributed by atoms with Gasteiger partial charge < -0.3 is 20.1 Å². The molecule has 0 saturated heterocycles. The van der Waals surface area contributed by atoms with Gasteiger partial charge in [-0.2, -0.15) is 13.2 Å². The maximum Gasteiger partial charge on any atom is 0.416 e. The van der Waals surface area contributed by atoms with Crippen LogP contribution in [0.4, 0.5) is 18.9 Å².